The van der Waals surface area contributed by atoms with Crippen LogP contribution in [0.3, 0.4) is 0 Å². The van der Waals surface area contributed by atoms with Gasteiger partial charge in [0.2, 0.25) is 5.82 Å². The van der Waals surface area contributed by atoms with Gasteiger partial charge in [-0.25, -0.2) is 9.67 Å². The normalized spacial score (nSPS) is 10.8. The Bertz CT molecular complexity index is 1230. The summed E-state index contributed by atoms with van der Waals surface area (Å²) in [5.74, 6) is 0.265. The highest BCUT2D eigenvalue weighted by molar-refractivity contribution is 9.10. The summed E-state index contributed by atoms with van der Waals surface area (Å²) in [7, 11) is 0. The number of benzene rings is 3. The maximum atomic E-state index is 12.9. The molecule has 4 rings (SSSR count). The number of rotatable bonds is 4. The van der Waals surface area contributed by atoms with Crippen molar-refractivity contribution in [3.63, 3.8) is 0 Å². The van der Waals surface area contributed by atoms with Crippen molar-refractivity contribution in [2.75, 3.05) is 5.32 Å². The molecular formula is C23H18BrClN4O. The molecule has 0 unspecified atom stereocenters. The standard InChI is InChI=1S/C23H18BrClN4O/c1-14-5-3-8-20(15(14)2)29-22(16-9-11-17(24)12-10-16)27-21(28-29)23(30)26-19-7-4-6-18(25)13-19/h3-13H,1-2H3,(H,26,30). The van der Waals surface area contributed by atoms with Crippen molar-refractivity contribution in [1.29, 1.82) is 0 Å². The maximum absolute atomic E-state index is 12.9. The van der Waals surface area contributed by atoms with E-state index in [-0.39, 0.29) is 5.82 Å². The van der Waals surface area contributed by atoms with Gasteiger partial charge in [0, 0.05) is 20.7 Å². The summed E-state index contributed by atoms with van der Waals surface area (Å²) in [5.41, 5.74) is 4.52. The van der Waals surface area contributed by atoms with Gasteiger partial charge in [0.05, 0.1) is 5.69 Å². The van der Waals surface area contributed by atoms with Gasteiger partial charge in [0.25, 0.3) is 5.91 Å². The largest absolute Gasteiger partial charge is 0.319 e. The maximum Gasteiger partial charge on any atom is 0.295 e. The van der Waals surface area contributed by atoms with E-state index >= 15 is 0 Å². The van der Waals surface area contributed by atoms with Gasteiger partial charge in [-0.2, -0.15) is 0 Å². The lowest BCUT2D eigenvalue weighted by molar-refractivity contribution is 0.101. The van der Waals surface area contributed by atoms with E-state index in [1.807, 2.05) is 56.3 Å². The SMILES string of the molecule is Cc1cccc(-n2nc(C(=O)Nc3cccc(Cl)c3)nc2-c2ccc(Br)cc2)c1C. The molecule has 5 nitrogen and oxygen atoms in total. The third kappa shape index (κ3) is 4.15. The average Bonchev–Trinajstić information content (AvgIpc) is 3.16. The highest BCUT2D eigenvalue weighted by Gasteiger charge is 2.20. The summed E-state index contributed by atoms with van der Waals surface area (Å²) in [4.78, 5) is 17.4. The number of nitrogens with one attached hydrogen (secondary N) is 1. The van der Waals surface area contributed by atoms with Crippen molar-refractivity contribution in [2.24, 2.45) is 0 Å². The molecule has 0 aliphatic carbocycles. The summed E-state index contributed by atoms with van der Waals surface area (Å²) in [5, 5.41) is 7.90. The number of carbonyl (C=O) groups is 1. The molecule has 7 heteroatoms. The highest BCUT2D eigenvalue weighted by Crippen LogP contribution is 2.26. The van der Waals surface area contributed by atoms with Crippen LogP contribution < -0.4 is 5.32 Å². The van der Waals surface area contributed by atoms with Gasteiger partial charge in [-0.1, -0.05) is 57.9 Å². The van der Waals surface area contributed by atoms with Crippen molar-refractivity contribution in [2.45, 2.75) is 13.8 Å². The molecule has 0 atom stereocenters. The molecular weight excluding hydrogens is 464 g/mol. The number of amides is 1. The first-order valence-electron chi connectivity index (χ1n) is 9.29. The minimum atomic E-state index is -0.403. The Labute approximate surface area is 187 Å². The third-order valence-corrected chi connectivity index (χ3v) is 5.56. The number of carbonyl (C=O) groups excluding carboxylic acids is 1. The molecule has 1 amide bonds. The molecule has 1 N–H and O–H groups in total. The van der Waals surface area contributed by atoms with Crippen LogP contribution in [0.5, 0.6) is 0 Å². The second kappa shape index (κ2) is 8.42. The van der Waals surface area contributed by atoms with Crippen molar-refractivity contribution in [3.05, 3.63) is 93.2 Å². The van der Waals surface area contributed by atoms with Crippen LogP contribution in [-0.4, -0.2) is 20.7 Å². The molecule has 0 aliphatic heterocycles. The number of hydrogen-bond acceptors (Lipinski definition) is 3. The Hall–Kier alpha value is -2.96. The van der Waals surface area contributed by atoms with Crippen molar-refractivity contribution >= 4 is 39.1 Å². The van der Waals surface area contributed by atoms with Gasteiger partial charge in [-0.15, -0.1) is 5.10 Å². The number of aromatic nitrogens is 3. The first kappa shape index (κ1) is 20.3. The summed E-state index contributed by atoms with van der Waals surface area (Å²) < 4.78 is 2.68. The van der Waals surface area contributed by atoms with Crippen LogP contribution in [0.15, 0.2) is 71.2 Å². The van der Waals surface area contributed by atoms with Gasteiger partial charge in [-0.05, 0) is 61.4 Å². The van der Waals surface area contributed by atoms with E-state index in [0.29, 0.717) is 16.5 Å². The van der Waals surface area contributed by atoms with Crippen molar-refractivity contribution in [1.82, 2.24) is 14.8 Å². The van der Waals surface area contributed by atoms with E-state index in [9.17, 15) is 4.79 Å². The molecule has 0 bridgehead atoms. The number of hydrogen-bond donors (Lipinski definition) is 1. The first-order chi connectivity index (χ1) is 14.4. The predicted molar refractivity (Wildman–Crippen MR) is 123 cm³/mol. The van der Waals surface area contributed by atoms with Crippen LogP contribution in [0, 0.1) is 13.8 Å². The first-order valence-corrected chi connectivity index (χ1v) is 10.5. The Morgan fingerprint density at radius 3 is 2.50 bits per heavy atom. The topological polar surface area (TPSA) is 59.8 Å². The predicted octanol–water partition coefficient (Wildman–Crippen LogP) is 6.22. The van der Waals surface area contributed by atoms with Gasteiger partial charge in [0.1, 0.15) is 0 Å². The van der Waals surface area contributed by atoms with E-state index in [1.54, 1.807) is 28.9 Å². The van der Waals surface area contributed by atoms with E-state index in [0.717, 1.165) is 26.9 Å². The van der Waals surface area contributed by atoms with Crippen LogP contribution in [0.2, 0.25) is 5.02 Å². The Morgan fingerprint density at radius 1 is 1.03 bits per heavy atom. The lowest BCUT2D eigenvalue weighted by atomic mass is 10.1. The van der Waals surface area contributed by atoms with E-state index in [2.05, 4.69) is 31.3 Å². The summed E-state index contributed by atoms with van der Waals surface area (Å²) in [6.45, 7) is 4.07. The molecule has 30 heavy (non-hydrogen) atoms. The summed E-state index contributed by atoms with van der Waals surface area (Å²) >= 11 is 9.47. The Kier molecular flexibility index (Phi) is 5.70. The fourth-order valence-corrected chi connectivity index (χ4v) is 3.53. The average molecular weight is 482 g/mol. The zero-order valence-corrected chi connectivity index (χ0v) is 18.7. The van der Waals surface area contributed by atoms with Crippen LogP contribution >= 0.6 is 27.5 Å². The van der Waals surface area contributed by atoms with Crippen molar-refractivity contribution in [3.8, 4) is 17.1 Å². The zero-order chi connectivity index (χ0) is 21.3. The third-order valence-electron chi connectivity index (χ3n) is 4.80. The minimum Gasteiger partial charge on any atom is -0.319 e. The fourth-order valence-electron chi connectivity index (χ4n) is 3.08. The van der Waals surface area contributed by atoms with Gasteiger partial charge >= 0.3 is 0 Å². The molecule has 0 saturated carbocycles. The van der Waals surface area contributed by atoms with E-state index < -0.39 is 5.91 Å². The molecule has 0 radical (unpaired) electrons. The lowest BCUT2D eigenvalue weighted by Crippen LogP contribution is -2.14. The van der Waals surface area contributed by atoms with E-state index in [1.165, 1.54) is 0 Å². The molecule has 1 heterocycles. The Morgan fingerprint density at radius 2 is 1.77 bits per heavy atom. The molecule has 3 aromatic carbocycles. The molecule has 0 saturated heterocycles. The van der Waals surface area contributed by atoms with Gasteiger partial charge < -0.3 is 5.32 Å². The second-order valence-electron chi connectivity index (χ2n) is 6.86. The Balaban J connectivity index is 1.80. The smallest absolute Gasteiger partial charge is 0.295 e. The number of nitrogens with zero attached hydrogens (tertiary/aromatic N) is 3. The lowest BCUT2D eigenvalue weighted by Gasteiger charge is -2.11. The van der Waals surface area contributed by atoms with Crippen LogP contribution in [0.25, 0.3) is 17.1 Å². The zero-order valence-electron chi connectivity index (χ0n) is 16.4. The second-order valence-corrected chi connectivity index (χ2v) is 8.21. The van der Waals surface area contributed by atoms with E-state index in [4.69, 9.17) is 11.6 Å². The number of anilines is 1. The molecule has 1 aromatic heterocycles. The van der Waals surface area contributed by atoms with Gasteiger partial charge in [0.15, 0.2) is 5.82 Å². The molecule has 150 valence electrons. The monoisotopic (exact) mass is 480 g/mol. The van der Waals surface area contributed by atoms with Crippen LogP contribution in [0.4, 0.5) is 5.69 Å². The van der Waals surface area contributed by atoms with Crippen molar-refractivity contribution < 1.29 is 4.79 Å². The highest BCUT2D eigenvalue weighted by atomic mass is 79.9. The molecule has 0 aliphatic rings. The fraction of sp³-hybridized carbons (Fsp3) is 0.0870. The number of halogens is 2. The molecule has 0 spiro atoms. The molecule has 4 aromatic rings. The quantitative estimate of drug-likeness (QED) is 0.376. The van der Waals surface area contributed by atoms with Crippen LogP contribution in [-0.2, 0) is 0 Å². The van der Waals surface area contributed by atoms with Gasteiger partial charge in [-0.3, -0.25) is 4.79 Å². The summed E-state index contributed by atoms with van der Waals surface area (Å²) in [6, 6.07) is 20.7. The number of aryl methyl sites for hydroxylation is 1. The summed E-state index contributed by atoms with van der Waals surface area (Å²) in [6.07, 6.45) is 0. The minimum absolute atomic E-state index is 0.0776. The van der Waals surface area contributed by atoms with Crippen LogP contribution in [0.1, 0.15) is 21.7 Å². The molecule has 0 fully saturated rings.